The van der Waals surface area contributed by atoms with Crippen LogP contribution in [0.3, 0.4) is 0 Å². The van der Waals surface area contributed by atoms with E-state index in [1.54, 1.807) is 18.9 Å². The van der Waals surface area contributed by atoms with Gasteiger partial charge in [0.2, 0.25) is 5.91 Å². The minimum Gasteiger partial charge on any atom is -0.348 e. The number of nitrogens with one attached hydrogen (secondary N) is 3. The van der Waals surface area contributed by atoms with Gasteiger partial charge in [-0.2, -0.15) is 0 Å². The molecule has 1 aromatic carbocycles. The van der Waals surface area contributed by atoms with Crippen LogP contribution in [0.2, 0.25) is 0 Å². The lowest BCUT2D eigenvalue weighted by Gasteiger charge is -2.30. The van der Waals surface area contributed by atoms with Crippen LogP contribution < -0.4 is 16.0 Å². The molecule has 8 heteroatoms. The molecule has 0 saturated carbocycles. The molecule has 3 amide bonds. The van der Waals surface area contributed by atoms with E-state index in [1.165, 1.54) is 0 Å². The van der Waals surface area contributed by atoms with E-state index in [9.17, 15) is 14.4 Å². The van der Waals surface area contributed by atoms with Gasteiger partial charge in [-0.15, -0.1) is 0 Å². The van der Waals surface area contributed by atoms with Crippen LogP contribution in [-0.4, -0.2) is 65.6 Å². The molecule has 0 spiro atoms. The van der Waals surface area contributed by atoms with Crippen molar-refractivity contribution in [2.45, 2.75) is 97.9 Å². The van der Waals surface area contributed by atoms with E-state index in [2.05, 4.69) is 41.7 Å². The van der Waals surface area contributed by atoms with Gasteiger partial charge < -0.3 is 20.9 Å². The number of likely N-dealkylation sites (tertiary alicyclic amines) is 1. The highest BCUT2D eigenvalue weighted by atomic mass is 16.2. The molecule has 0 aliphatic carbocycles. The maximum atomic E-state index is 13.9. The maximum absolute atomic E-state index is 13.9. The molecule has 1 saturated heterocycles. The number of rotatable bonds is 8. The summed E-state index contributed by atoms with van der Waals surface area (Å²) in [5.41, 5.74) is 0.336. The Morgan fingerprint density at radius 2 is 1.69 bits per heavy atom. The first-order valence-corrected chi connectivity index (χ1v) is 12.9. The van der Waals surface area contributed by atoms with Crippen molar-refractivity contribution in [2.24, 2.45) is 10.4 Å². The van der Waals surface area contributed by atoms with E-state index < -0.39 is 23.4 Å². The van der Waals surface area contributed by atoms with Crippen LogP contribution in [0.4, 0.5) is 0 Å². The van der Waals surface area contributed by atoms with Gasteiger partial charge in [0.05, 0.1) is 12.1 Å². The third kappa shape index (κ3) is 7.96. The number of aliphatic imine (C=N–C) groups is 1. The fraction of sp³-hybridized carbons (Fsp3) is 0.643. The van der Waals surface area contributed by atoms with Crippen LogP contribution in [0.1, 0.15) is 79.8 Å². The first-order chi connectivity index (χ1) is 16.7. The van der Waals surface area contributed by atoms with E-state index in [1.807, 2.05) is 58.0 Å². The highest BCUT2D eigenvalue weighted by molar-refractivity contribution is 6.42. The van der Waals surface area contributed by atoms with Crippen molar-refractivity contribution >= 4 is 23.4 Å². The predicted octanol–water partition coefficient (Wildman–Crippen LogP) is 3.23. The monoisotopic (exact) mass is 499 g/mol. The largest absolute Gasteiger partial charge is 0.348 e. The SMILES string of the molecule is CC[C@@H](NC(=O)[C@@H]1C[C@H](NC(C)(C)C)CN1C(=O)C(=NC(=O)[C@H](C)NC)C(C)(C)C)c1ccccc1. The quantitative estimate of drug-likeness (QED) is 0.477. The zero-order chi connectivity index (χ0) is 27.3. The van der Waals surface area contributed by atoms with Crippen LogP contribution in [-0.2, 0) is 14.4 Å². The minimum atomic E-state index is -0.674. The lowest BCUT2D eigenvalue weighted by Crippen LogP contribution is -2.51. The number of carbonyl (C=O) groups is 3. The Bertz CT molecular complexity index is 946. The fourth-order valence-corrected chi connectivity index (χ4v) is 4.40. The zero-order valence-corrected chi connectivity index (χ0v) is 23.4. The molecule has 36 heavy (non-hydrogen) atoms. The molecule has 1 fully saturated rings. The Morgan fingerprint density at radius 3 is 2.19 bits per heavy atom. The summed E-state index contributed by atoms with van der Waals surface area (Å²) in [4.78, 5) is 46.0. The van der Waals surface area contributed by atoms with Crippen LogP contribution in [0.5, 0.6) is 0 Å². The van der Waals surface area contributed by atoms with Gasteiger partial charge in [0.1, 0.15) is 11.8 Å². The molecule has 0 bridgehead atoms. The number of hydrogen-bond acceptors (Lipinski definition) is 5. The number of likely N-dealkylation sites (N-methyl/N-ethyl adjacent to an activating group) is 1. The summed E-state index contributed by atoms with van der Waals surface area (Å²) in [7, 11) is 1.68. The minimum absolute atomic E-state index is 0.0605. The molecule has 1 heterocycles. The van der Waals surface area contributed by atoms with Crippen molar-refractivity contribution in [3.8, 4) is 0 Å². The third-order valence-electron chi connectivity index (χ3n) is 6.37. The second kappa shape index (κ2) is 12.1. The summed E-state index contributed by atoms with van der Waals surface area (Å²) >= 11 is 0. The van der Waals surface area contributed by atoms with Crippen molar-refractivity contribution in [2.75, 3.05) is 13.6 Å². The first-order valence-electron chi connectivity index (χ1n) is 12.9. The van der Waals surface area contributed by atoms with Gasteiger partial charge >= 0.3 is 0 Å². The Balaban J connectivity index is 2.40. The third-order valence-corrected chi connectivity index (χ3v) is 6.37. The van der Waals surface area contributed by atoms with Crippen LogP contribution in [0.15, 0.2) is 35.3 Å². The standard InChI is InChI=1S/C28H45N5O3/c1-10-21(19-14-12-11-13-15-19)30-25(35)22-16-20(32-28(6,7)8)17-33(22)26(36)23(27(3,4)5)31-24(34)18(2)29-9/h11-15,18,20-22,29,32H,10,16-17H2,1-9H3,(H,30,35)/t18-,20-,21+,22-/m0/s1. The number of nitrogens with zero attached hydrogens (tertiary/aromatic N) is 2. The Labute approximate surface area is 216 Å². The fourth-order valence-electron chi connectivity index (χ4n) is 4.40. The molecule has 200 valence electrons. The van der Waals surface area contributed by atoms with Gasteiger partial charge in [-0.25, -0.2) is 4.99 Å². The maximum Gasteiger partial charge on any atom is 0.269 e. The number of carbonyl (C=O) groups excluding carboxylic acids is 3. The summed E-state index contributed by atoms with van der Waals surface area (Å²) in [6.45, 7) is 15.9. The predicted molar refractivity (Wildman–Crippen MR) is 145 cm³/mol. The van der Waals surface area contributed by atoms with Crippen LogP contribution >= 0.6 is 0 Å². The summed E-state index contributed by atoms with van der Waals surface area (Å²) in [5, 5.41) is 9.58. The van der Waals surface area contributed by atoms with Gasteiger partial charge in [-0.3, -0.25) is 14.4 Å². The topological polar surface area (TPSA) is 103 Å². The second-order valence-electron chi connectivity index (χ2n) is 11.7. The van der Waals surface area contributed by atoms with Crippen LogP contribution in [0.25, 0.3) is 0 Å². The summed E-state index contributed by atoms with van der Waals surface area (Å²) in [6.07, 6.45) is 1.21. The van der Waals surface area contributed by atoms with Crippen molar-refractivity contribution < 1.29 is 14.4 Å². The Morgan fingerprint density at radius 1 is 1.08 bits per heavy atom. The average Bonchev–Trinajstić information content (AvgIpc) is 3.21. The van der Waals surface area contributed by atoms with E-state index in [4.69, 9.17) is 0 Å². The zero-order valence-electron chi connectivity index (χ0n) is 23.4. The molecule has 4 atom stereocenters. The number of amides is 3. The van der Waals surface area contributed by atoms with Gasteiger partial charge in [0, 0.05) is 23.5 Å². The normalized spacial score (nSPS) is 20.7. The van der Waals surface area contributed by atoms with Crippen molar-refractivity contribution in [3.63, 3.8) is 0 Å². The van der Waals surface area contributed by atoms with Gasteiger partial charge in [-0.05, 0) is 53.1 Å². The highest BCUT2D eigenvalue weighted by Crippen LogP contribution is 2.26. The Hall–Kier alpha value is -2.58. The molecule has 1 aromatic rings. The number of hydrogen-bond donors (Lipinski definition) is 3. The molecule has 0 radical (unpaired) electrons. The average molecular weight is 500 g/mol. The van der Waals surface area contributed by atoms with Crippen molar-refractivity contribution in [1.29, 1.82) is 0 Å². The van der Waals surface area contributed by atoms with Crippen LogP contribution in [0, 0.1) is 5.41 Å². The molecule has 1 aliphatic heterocycles. The van der Waals surface area contributed by atoms with E-state index in [0.29, 0.717) is 13.0 Å². The molecule has 3 N–H and O–H groups in total. The van der Waals surface area contributed by atoms with Gasteiger partial charge in [0.25, 0.3) is 11.8 Å². The summed E-state index contributed by atoms with van der Waals surface area (Å²) in [5.74, 6) is -0.971. The second-order valence-corrected chi connectivity index (χ2v) is 11.7. The summed E-state index contributed by atoms with van der Waals surface area (Å²) < 4.78 is 0. The lowest BCUT2D eigenvalue weighted by atomic mass is 9.88. The molecule has 2 rings (SSSR count). The van der Waals surface area contributed by atoms with Gasteiger partial charge in [-0.1, -0.05) is 58.0 Å². The van der Waals surface area contributed by atoms with Gasteiger partial charge in [0.15, 0.2) is 0 Å². The molecule has 8 nitrogen and oxygen atoms in total. The van der Waals surface area contributed by atoms with E-state index in [0.717, 1.165) is 12.0 Å². The van der Waals surface area contributed by atoms with Crippen molar-refractivity contribution in [3.05, 3.63) is 35.9 Å². The Kier molecular flexibility index (Phi) is 9.97. The highest BCUT2D eigenvalue weighted by Gasteiger charge is 2.44. The first kappa shape index (κ1) is 29.6. The molecular formula is C28H45N5O3. The summed E-state index contributed by atoms with van der Waals surface area (Å²) in [6, 6.07) is 8.45. The molecule has 1 aliphatic rings. The van der Waals surface area contributed by atoms with E-state index in [-0.39, 0.29) is 35.1 Å². The molecular weight excluding hydrogens is 454 g/mol. The lowest BCUT2D eigenvalue weighted by molar-refractivity contribution is -0.134. The van der Waals surface area contributed by atoms with E-state index >= 15 is 0 Å². The smallest absolute Gasteiger partial charge is 0.269 e. The van der Waals surface area contributed by atoms with Crippen molar-refractivity contribution in [1.82, 2.24) is 20.9 Å². The number of benzene rings is 1. The molecule has 0 aromatic heterocycles. The molecule has 0 unspecified atom stereocenters.